The van der Waals surface area contributed by atoms with E-state index in [1.54, 1.807) is 6.07 Å². The summed E-state index contributed by atoms with van der Waals surface area (Å²) in [5.41, 5.74) is -0.727. The van der Waals surface area contributed by atoms with E-state index in [9.17, 15) is 29.4 Å². The maximum Gasteiger partial charge on any atom is 0.277 e. The number of rotatable bonds is 8. The maximum absolute atomic E-state index is 13.5. The number of non-ortho nitro benzene ring substituents is 2. The highest BCUT2D eigenvalue weighted by atomic mass is 19.1. The Kier molecular flexibility index (Phi) is 6.72. The van der Waals surface area contributed by atoms with Gasteiger partial charge in [0.1, 0.15) is 5.82 Å². The molecule has 2 aromatic rings. The van der Waals surface area contributed by atoms with Gasteiger partial charge < -0.3 is 9.80 Å². The quantitative estimate of drug-likeness (QED) is 0.506. The van der Waals surface area contributed by atoms with E-state index >= 15 is 0 Å². The van der Waals surface area contributed by atoms with Crippen molar-refractivity contribution in [2.24, 2.45) is 0 Å². The standard InChI is InChI=1S/C18H19FN4O5/c1-20(2)6-7-21(12-13-4-3-5-15(19)8-13)18(24)14-9-16(22(25)26)11-17(10-14)23(27)28/h3-5,8-11H,6-7,12H2,1-2H3. The van der Waals surface area contributed by atoms with Crippen LogP contribution in [0, 0.1) is 26.0 Å². The number of amides is 1. The summed E-state index contributed by atoms with van der Waals surface area (Å²) >= 11 is 0. The van der Waals surface area contributed by atoms with Gasteiger partial charge in [0.25, 0.3) is 17.3 Å². The summed E-state index contributed by atoms with van der Waals surface area (Å²) in [6.07, 6.45) is 0. The summed E-state index contributed by atoms with van der Waals surface area (Å²) in [5.74, 6) is -1.07. The Hall–Kier alpha value is -3.40. The summed E-state index contributed by atoms with van der Waals surface area (Å²) in [5, 5.41) is 22.1. The Bertz CT molecular complexity index is 871. The largest absolute Gasteiger partial charge is 0.333 e. The smallest absolute Gasteiger partial charge is 0.277 e. The van der Waals surface area contributed by atoms with Gasteiger partial charge in [-0.1, -0.05) is 12.1 Å². The van der Waals surface area contributed by atoms with E-state index in [-0.39, 0.29) is 18.7 Å². The van der Waals surface area contributed by atoms with E-state index in [2.05, 4.69) is 0 Å². The van der Waals surface area contributed by atoms with Gasteiger partial charge >= 0.3 is 0 Å². The average molecular weight is 390 g/mol. The summed E-state index contributed by atoms with van der Waals surface area (Å²) in [6.45, 7) is 0.790. The second-order valence-electron chi connectivity index (χ2n) is 6.41. The van der Waals surface area contributed by atoms with Crippen molar-refractivity contribution in [3.63, 3.8) is 0 Å². The monoisotopic (exact) mass is 390 g/mol. The zero-order valence-corrected chi connectivity index (χ0v) is 15.4. The lowest BCUT2D eigenvalue weighted by molar-refractivity contribution is -0.394. The normalized spacial score (nSPS) is 10.7. The Labute approximate surface area is 160 Å². The Balaban J connectivity index is 2.40. The first kappa shape index (κ1) is 20.9. The number of halogens is 1. The van der Waals surface area contributed by atoms with Crippen molar-refractivity contribution in [3.05, 3.63) is 79.6 Å². The predicted octanol–water partition coefficient (Wildman–Crippen LogP) is 2.85. The van der Waals surface area contributed by atoms with Crippen LogP contribution in [0.3, 0.4) is 0 Å². The zero-order chi connectivity index (χ0) is 20.8. The molecule has 28 heavy (non-hydrogen) atoms. The van der Waals surface area contributed by atoms with Crippen LogP contribution in [0.15, 0.2) is 42.5 Å². The van der Waals surface area contributed by atoms with Crippen molar-refractivity contribution >= 4 is 17.3 Å². The number of nitro groups is 2. The van der Waals surface area contributed by atoms with E-state index in [1.165, 1.54) is 23.1 Å². The van der Waals surface area contributed by atoms with Crippen LogP contribution in [0.2, 0.25) is 0 Å². The molecular formula is C18H19FN4O5. The second-order valence-corrected chi connectivity index (χ2v) is 6.41. The van der Waals surface area contributed by atoms with Gasteiger partial charge in [0.15, 0.2) is 0 Å². The van der Waals surface area contributed by atoms with Crippen molar-refractivity contribution in [1.82, 2.24) is 9.80 Å². The van der Waals surface area contributed by atoms with Crippen LogP contribution in [0.4, 0.5) is 15.8 Å². The molecule has 9 nitrogen and oxygen atoms in total. The lowest BCUT2D eigenvalue weighted by atomic mass is 10.1. The fraction of sp³-hybridized carbons (Fsp3) is 0.278. The molecule has 0 aliphatic carbocycles. The molecule has 2 aromatic carbocycles. The van der Waals surface area contributed by atoms with Gasteiger partial charge in [0, 0.05) is 31.8 Å². The van der Waals surface area contributed by atoms with E-state index in [1.807, 2.05) is 19.0 Å². The van der Waals surface area contributed by atoms with E-state index < -0.39 is 32.9 Å². The number of hydrogen-bond acceptors (Lipinski definition) is 6. The first-order valence-electron chi connectivity index (χ1n) is 8.29. The molecule has 10 heteroatoms. The third-order valence-corrected chi connectivity index (χ3v) is 3.94. The minimum atomic E-state index is -0.791. The molecule has 2 rings (SSSR count). The second kappa shape index (κ2) is 9.00. The molecule has 1 amide bonds. The molecule has 0 N–H and O–H groups in total. The maximum atomic E-state index is 13.5. The molecule has 0 unspecified atom stereocenters. The van der Waals surface area contributed by atoms with Crippen molar-refractivity contribution < 1.29 is 19.0 Å². The number of carbonyl (C=O) groups is 1. The molecule has 0 saturated carbocycles. The molecule has 0 radical (unpaired) electrons. The van der Waals surface area contributed by atoms with E-state index in [4.69, 9.17) is 0 Å². The van der Waals surface area contributed by atoms with Crippen LogP contribution >= 0.6 is 0 Å². The van der Waals surface area contributed by atoms with Gasteiger partial charge in [-0.2, -0.15) is 0 Å². The van der Waals surface area contributed by atoms with Crippen molar-refractivity contribution in [3.8, 4) is 0 Å². The highest BCUT2D eigenvalue weighted by molar-refractivity contribution is 5.95. The molecule has 0 atom stereocenters. The van der Waals surface area contributed by atoms with Crippen LogP contribution in [0.5, 0.6) is 0 Å². The van der Waals surface area contributed by atoms with Crippen LogP contribution in [0.1, 0.15) is 15.9 Å². The number of carbonyl (C=O) groups excluding carboxylic acids is 1. The third-order valence-electron chi connectivity index (χ3n) is 3.94. The predicted molar refractivity (Wildman–Crippen MR) is 99.4 cm³/mol. The summed E-state index contributed by atoms with van der Waals surface area (Å²) in [7, 11) is 3.62. The van der Waals surface area contributed by atoms with Gasteiger partial charge in [-0.15, -0.1) is 0 Å². The molecular weight excluding hydrogens is 371 g/mol. The number of nitro benzene ring substituents is 2. The highest BCUT2D eigenvalue weighted by Gasteiger charge is 2.23. The third kappa shape index (κ3) is 5.55. The molecule has 0 aliphatic rings. The van der Waals surface area contributed by atoms with Gasteiger partial charge in [-0.3, -0.25) is 25.0 Å². The Morgan fingerprint density at radius 3 is 2.11 bits per heavy atom. The Morgan fingerprint density at radius 2 is 1.61 bits per heavy atom. The number of hydrogen-bond donors (Lipinski definition) is 0. The molecule has 0 fully saturated rings. The molecule has 0 heterocycles. The van der Waals surface area contributed by atoms with E-state index in [0.29, 0.717) is 12.1 Å². The lowest BCUT2D eigenvalue weighted by Gasteiger charge is -2.24. The van der Waals surface area contributed by atoms with Gasteiger partial charge in [0.05, 0.1) is 21.5 Å². The van der Waals surface area contributed by atoms with Crippen molar-refractivity contribution in [2.45, 2.75) is 6.54 Å². The minimum Gasteiger partial charge on any atom is -0.333 e. The molecule has 148 valence electrons. The molecule has 0 aliphatic heterocycles. The van der Waals surface area contributed by atoms with Gasteiger partial charge in [0.2, 0.25) is 0 Å². The first-order chi connectivity index (χ1) is 13.2. The summed E-state index contributed by atoms with van der Waals surface area (Å²) < 4.78 is 13.5. The molecule has 0 bridgehead atoms. The van der Waals surface area contributed by atoms with Gasteiger partial charge in [-0.25, -0.2) is 4.39 Å². The fourth-order valence-electron chi connectivity index (χ4n) is 2.54. The SMILES string of the molecule is CN(C)CCN(Cc1cccc(F)c1)C(=O)c1cc([N+](=O)[O-])cc([N+](=O)[O-])c1. The first-order valence-corrected chi connectivity index (χ1v) is 8.29. The number of nitrogens with zero attached hydrogens (tertiary/aromatic N) is 4. The van der Waals surface area contributed by atoms with Crippen molar-refractivity contribution in [2.75, 3.05) is 27.2 Å². The Morgan fingerprint density at radius 1 is 1.00 bits per heavy atom. The minimum absolute atomic E-state index is 0.0565. The topological polar surface area (TPSA) is 110 Å². The molecule has 0 aromatic heterocycles. The van der Waals surface area contributed by atoms with Crippen LogP contribution < -0.4 is 0 Å². The van der Waals surface area contributed by atoms with E-state index in [0.717, 1.165) is 18.2 Å². The highest BCUT2D eigenvalue weighted by Crippen LogP contribution is 2.24. The fourth-order valence-corrected chi connectivity index (χ4v) is 2.54. The zero-order valence-electron chi connectivity index (χ0n) is 15.4. The van der Waals surface area contributed by atoms with Crippen LogP contribution in [0.25, 0.3) is 0 Å². The number of benzene rings is 2. The number of likely N-dealkylation sites (N-methyl/N-ethyl adjacent to an activating group) is 1. The molecule has 0 spiro atoms. The lowest BCUT2D eigenvalue weighted by Crippen LogP contribution is -2.36. The summed E-state index contributed by atoms with van der Waals surface area (Å²) in [6, 6.07) is 8.53. The van der Waals surface area contributed by atoms with Crippen molar-refractivity contribution in [1.29, 1.82) is 0 Å². The van der Waals surface area contributed by atoms with Crippen LogP contribution in [-0.2, 0) is 6.54 Å². The molecule has 0 saturated heterocycles. The van der Waals surface area contributed by atoms with Crippen LogP contribution in [-0.4, -0.2) is 52.7 Å². The summed E-state index contributed by atoms with van der Waals surface area (Å²) in [4.78, 5) is 36.7. The average Bonchev–Trinajstić information content (AvgIpc) is 2.64. The van der Waals surface area contributed by atoms with Gasteiger partial charge in [-0.05, 0) is 31.8 Å².